The quantitative estimate of drug-likeness (QED) is 0.564. The summed E-state index contributed by atoms with van der Waals surface area (Å²) >= 11 is 0. The van der Waals surface area contributed by atoms with Crippen molar-refractivity contribution in [3.8, 4) is 11.9 Å². The van der Waals surface area contributed by atoms with Gasteiger partial charge in [0.05, 0.1) is 30.1 Å². The number of aromatic nitrogens is 3. The topological polar surface area (TPSA) is 107 Å². The molecule has 3 aromatic rings. The Balaban J connectivity index is 0.00000306. The smallest absolute Gasteiger partial charge is 0.212 e. The molecule has 1 atom stereocenters. The second kappa shape index (κ2) is 10.7. The van der Waals surface area contributed by atoms with Crippen LogP contribution >= 0.6 is 0 Å². The van der Waals surface area contributed by atoms with E-state index in [4.69, 9.17) is 4.74 Å². The van der Waals surface area contributed by atoms with Gasteiger partial charge in [-0.25, -0.2) is 15.0 Å². The van der Waals surface area contributed by atoms with E-state index in [2.05, 4.69) is 31.2 Å². The van der Waals surface area contributed by atoms with Gasteiger partial charge in [-0.1, -0.05) is 19.6 Å². The van der Waals surface area contributed by atoms with Crippen molar-refractivity contribution in [3.63, 3.8) is 0 Å². The fraction of sp³-hybridized carbons (Fsp3) is 0.360. The van der Waals surface area contributed by atoms with E-state index in [1.54, 1.807) is 25.7 Å². The van der Waals surface area contributed by atoms with E-state index in [1.807, 2.05) is 31.2 Å². The first-order chi connectivity index (χ1) is 15.6. The van der Waals surface area contributed by atoms with Gasteiger partial charge in [0.2, 0.25) is 5.88 Å². The van der Waals surface area contributed by atoms with Crippen LogP contribution in [-0.4, -0.2) is 40.3 Å². The summed E-state index contributed by atoms with van der Waals surface area (Å²) in [5.41, 5.74) is 5.60. The molecule has 0 saturated carbocycles. The second-order valence-corrected chi connectivity index (χ2v) is 7.79. The maximum atomic E-state index is 9.63. The maximum Gasteiger partial charge on any atom is 0.212 e. The average Bonchev–Trinajstić information content (AvgIpc) is 2.83. The number of ether oxygens (including phenoxy) is 1. The van der Waals surface area contributed by atoms with E-state index in [0.29, 0.717) is 24.4 Å². The third kappa shape index (κ3) is 5.21. The predicted octanol–water partition coefficient (Wildman–Crippen LogP) is 3.79. The number of hydrogen-bond acceptors (Lipinski definition) is 8. The first-order valence-electron chi connectivity index (χ1n) is 10.6. The normalized spacial score (nSPS) is 13.3. The highest BCUT2D eigenvalue weighted by Gasteiger charge is 2.24. The van der Waals surface area contributed by atoms with E-state index in [0.717, 1.165) is 46.9 Å². The molecule has 0 bridgehead atoms. The van der Waals surface area contributed by atoms with Crippen LogP contribution < -0.4 is 15.0 Å². The second-order valence-electron chi connectivity index (χ2n) is 7.79. The average molecular weight is 447 g/mol. The predicted molar refractivity (Wildman–Crippen MR) is 128 cm³/mol. The monoisotopic (exact) mass is 446 g/mol. The fourth-order valence-electron chi connectivity index (χ4n) is 4.02. The van der Waals surface area contributed by atoms with Crippen molar-refractivity contribution in [2.75, 3.05) is 30.5 Å². The summed E-state index contributed by atoms with van der Waals surface area (Å²) in [6.45, 7) is 3.39. The summed E-state index contributed by atoms with van der Waals surface area (Å²) in [7, 11) is 1.58. The lowest BCUT2D eigenvalue weighted by molar-refractivity contribution is 0.279. The van der Waals surface area contributed by atoms with Crippen LogP contribution in [0.3, 0.4) is 0 Å². The minimum Gasteiger partial charge on any atom is -0.481 e. The molecule has 2 aromatic heterocycles. The maximum absolute atomic E-state index is 9.63. The van der Waals surface area contributed by atoms with Gasteiger partial charge in [-0.05, 0) is 36.6 Å². The Morgan fingerprint density at radius 3 is 2.79 bits per heavy atom. The minimum atomic E-state index is -0.165. The van der Waals surface area contributed by atoms with Gasteiger partial charge in [0.1, 0.15) is 18.2 Å². The molecule has 172 valence electrons. The first-order valence-corrected chi connectivity index (χ1v) is 10.6. The van der Waals surface area contributed by atoms with Crippen molar-refractivity contribution in [1.82, 2.24) is 15.0 Å². The van der Waals surface area contributed by atoms with Gasteiger partial charge in [0.15, 0.2) is 0 Å². The van der Waals surface area contributed by atoms with E-state index >= 15 is 0 Å². The van der Waals surface area contributed by atoms with Crippen molar-refractivity contribution in [1.29, 1.82) is 5.26 Å². The Kier molecular flexibility index (Phi) is 7.80. The number of nitrogens with one attached hydrogen (secondary N) is 1. The zero-order valence-electron chi connectivity index (χ0n) is 18.2. The number of anilines is 2. The lowest BCUT2D eigenvalue weighted by Gasteiger charge is -2.32. The van der Waals surface area contributed by atoms with E-state index in [9.17, 15) is 10.4 Å². The third-order valence-corrected chi connectivity index (χ3v) is 5.71. The van der Waals surface area contributed by atoms with Gasteiger partial charge in [-0.15, -0.1) is 0 Å². The molecular weight excluding hydrogens is 416 g/mol. The highest BCUT2D eigenvalue weighted by Crippen LogP contribution is 2.31. The summed E-state index contributed by atoms with van der Waals surface area (Å²) in [4.78, 5) is 15.5. The summed E-state index contributed by atoms with van der Waals surface area (Å²) in [5.74, 6) is 1.28. The van der Waals surface area contributed by atoms with Gasteiger partial charge in [-0.3, -0.25) is 0 Å². The molecule has 0 fully saturated rings. The van der Waals surface area contributed by atoms with Crippen LogP contribution in [0.4, 0.5) is 11.5 Å². The number of benzene rings is 1. The third-order valence-electron chi connectivity index (χ3n) is 5.71. The molecule has 0 unspecified atom stereocenters. The largest absolute Gasteiger partial charge is 0.481 e. The standard InChI is InChI=1S/C24H26N6O2.CH4/c1-16-3-5-22(18(11-16)12-25)30-9-7-21-19(14-30)24(28-15-27-21)29-20(8-10-31)17-4-6-23(32-2)26-13-17;/h3-6,11,13,15,20,31H,7-10,14H2,1-2H3,(H,27,28,29);1H4/t20-;/m1./s1. The molecule has 8 nitrogen and oxygen atoms in total. The van der Waals surface area contributed by atoms with Gasteiger partial charge in [0.25, 0.3) is 0 Å². The zero-order chi connectivity index (χ0) is 22.5. The molecule has 1 aliphatic rings. The van der Waals surface area contributed by atoms with Crippen molar-refractivity contribution in [3.05, 3.63) is 70.8 Å². The SMILES string of the molecule is C.COc1ccc([C@@H](CCO)Nc2ncnc3c2CN(c2ccc(C)cc2C#N)CC3)cn1. The Labute approximate surface area is 194 Å². The first kappa shape index (κ1) is 24.0. The van der Waals surface area contributed by atoms with E-state index in [1.165, 1.54) is 0 Å². The van der Waals surface area contributed by atoms with Crippen LogP contribution in [0, 0.1) is 18.3 Å². The molecule has 0 aliphatic carbocycles. The number of aliphatic hydroxyl groups is 1. The number of pyridine rings is 1. The fourth-order valence-corrected chi connectivity index (χ4v) is 4.02. The molecular formula is C25H30N6O2. The summed E-state index contributed by atoms with van der Waals surface area (Å²) in [5, 5.41) is 22.7. The van der Waals surface area contributed by atoms with Gasteiger partial charge < -0.3 is 20.1 Å². The molecule has 0 amide bonds. The lowest BCUT2D eigenvalue weighted by Crippen LogP contribution is -2.32. The molecule has 8 heteroatoms. The van der Waals surface area contributed by atoms with Crippen LogP contribution in [0.2, 0.25) is 0 Å². The van der Waals surface area contributed by atoms with Crippen LogP contribution in [0.15, 0.2) is 42.9 Å². The summed E-state index contributed by atoms with van der Waals surface area (Å²) in [6, 6.07) is 11.8. The number of nitrogens with zero attached hydrogens (tertiary/aromatic N) is 5. The Morgan fingerprint density at radius 2 is 2.09 bits per heavy atom. The van der Waals surface area contributed by atoms with Gasteiger partial charge in [0, 0.05) is 43.9 Å². The molecule has 0 radical (unpaired) electrons. The van der Waals surface area contributed by atoms with Crippen molar-refractivity contribution >= 4 is 11.5 Å². The van der Waals surface area contributed by atoms with E-state index in [-0.39, 0.29) is 20.1 Å². The molecule has 1 aliphatic heterocycles. The Hall–Kier alpha value is -3.70. The summed E-state index contributed by atoms with van der Waals surface area (Å²) in [6.07, 6.45) is 4.59. The number of fused-ring (bicyclic) bond motifs is 1. The Morgan fingerprint density at radius 1 is 1.24 bits per heavy atom. The summed E-state index contributed by atoms with van der Waals surface area (Å²) < 4.78 is 5.15. The van der Waals surface area contributed by atoms with Crippen LogP contribution in [-0.2, 0) is 13.0 Å². The number of hydrogen-bond donors (Lipinski definition) is 2. The van der Waals surface area contributed by atoms with Gasteiger partial charge in [-0.2, -0.15) is 5.26 Å². The molecule has 2 N–H and O–H groups in total. The number of methoxy groups -OCH3 is 1. The molecule has 1 aromatic carbocycles. The molecule has 3 heterocycles. The number of aliphatic hydroxyl groups excluding tert-OH is 1. The van der Waals surface area contributed by atoms with Crippen molar-refractivity contribution < 1.29 is 9.84 Å². The van der Waals surface area contributed by atoms with Crippen LogP contribution in [0.1, 0.15) is 47.8 Å². The highest BCUT2D eigenvalue weighted by molar-refractivity contribution is 5.63. The molecule has 4 rings (SSSR count). The lowest BCUT2D eigenvalue weighted by atomic mass is 10.0. The number of aryl methyl sites for hydroxylation is 1. The number of rotatable bonds is 7. The molecule has 33 heavy (non-hydrogen) atoms. The zero-order valence-corrected chi connectivity index (χ0v) is 18.2. The van der Waals surface area contributed by atoms with Crippen LogP contribution in [0.25, 0.3) is 0 Å². The van der Waals surface area contributed by atoms with E-state index < -0.39 is 0 Å². The highest BCUT2D eigenvalue weighted by atomic mass is 16.5. The van der Waals surface area contributed by atoms with Crippen molar-refractivity contribution in [2.45, 2.75) is 39.8 Å². The van der Waals surface area contributed by atoms with Gasteiger partial charge >= 0.3 is 0 Å². The Bertz CT molecular complexity index is 1130. The van der Waals surface area contributed by atoms with Crippen LogP contribution in [0.5, 0.6) is 5.88 Å². The molecule has 0 saturated heterocycles. The number of nitriles is 1. The minimum absolute atomic E-state index is 0. The van der Waals surface area contributed by atoms with Crippen molar-refractivity contribution in [2.24, 2.45) is 0 Å². The molecule has 0 spiro atoms.